The van der Waals surface area contributed by atoms with Gasteiger partial charge in [0.25, 0.3) is 11.5 Å². The average molecular weight is 555 g/mol. The van der Waals surface area contributed by atoms with E-state index in [2.05, 4.69) is 10.6 Å². The van der Waals surface area contributed by atoms with E-state index in [1.165, 1.54) is 6.20 Å². The van der Waals surface area contributed by atoms with Crippen LogP contribution < -0.4 is 30.7 Å². The number of hydrogen-bond donors (Lipinski definition) is 3. The van der Waals surface area contributed by atoms with Gasteiger partial charge < -0.3 is 16.0 Å². The Morgan fingerprint density at radius 1 is 1.24 bits per heavy atom. The van der Waals surface area contributed by atoms with Crippen molar-refractivity contribution >= 4 is 46.3 Å². The number of benzene rings is 1. The zero-order valence-electron chi connectivity index (χ0n) is 20.4. The Labute approximate surface area is 219 Å². The molecule has 1 aromatic heterocycles. The average Bonchev–Trinajstić information content (AvgIpc) is 3.18. The maximum absolute atomic E-state index is 13.3. The molecule has 3 rings (SSSR count). The Bertz CT molecular complexity index is 1390. The molecule has 0 bridgehead atoms. The fourth-order valence-electron chi connectivity index (χ4n) is 3.76. The molecule has 2 heterocycles. The number of thiazole rings is 1. The maximum Gasteiger partial charge on any atom is 0.405 e. The second-order valence-electron chi connectivity index (χ2n) is 8.47. The van der Waals surface area contributed by atoms with E-state index >= 15 is 0 Å². The monoisotopic (exact) mass is 554 g/mol. The van der Waals surface area contributed by atoms with Gasteiger partial charge >= 0.3 is 6.18 Å². The summed E-state index contributed by atoms with van der Waals surface area (Å²) in [6, 6.07) is 8.26. The van der Waals surface area contributed by atoms with Crippen molar-refractivity contribution in [3.05, 3.63) is 43.8 Å². The summed E-state index contributed by atoms with van der Waals surface area (Å²) in [5, 5.41) is 16.8. The molecule has 0 saturated carbocycles. The van der Waals surface area contributed by atoms with Crippen molar-refractivity contribution in [1.29, 1.82) is 5.26 Å². The lowest BCUT2D eigenvalue weighted by molar-refractivity contribution is -0.135. The molecule has 14 heteroatoms. The molecule has 0 spiro atoms. The van der Waals surface area contributed by atoms with E-state index in [1.54, 1.807) is 42.6 Å². The zero-order valence-corrected chi connectivity index (χ0v) is 21.2. The molecule has 204 valence electrons. The molecular formula is C24H26F4N6O3S. The first-order valence-electron chi connectivity index (χ1n) is 11.7. The molecule has 0 aliphatic carbocycles. The summed E-state index contributed by atoms with van der Waals surface area (Å²) in [5.74, 6) is -1.48. The van der Waals surface area contributed by atoms with Crippen molar-refractivity contribution in [2.75, 3.05) is 36.8 Å². The molecule has 1 aromatic carbocycles. The number of likely N-dealkylation sites (tertiary alicyclic amines) is 1. The van der Waals surface area contributed by atoms with Crippen LogP contribution in [0.4, 0.5) is 28.9 Å². The third-order valence-corrected chi connectivity index (χ3v) is 6.76. The topological polar surface area (TPSA) is 119 Å². The second-order valence-corrected chi connectivity index (χ2v) is 9.50. The number of carbonyl (C=O) groups excluding carboxylic acids is 2. The minimum atomic E-state index is -4.65. The number of alkyl halides is 4. The van der Waals surface area contributed by atoms with Gasteiger partial charge in [-0.05, 0) is 38.0 Å². The Kier molecular flexibility index (Phi) is 9.65. The highest BCUT2D eigenvalue weighted by atomic mass is 32.1. The number of aromatic nitrogens is 1. The first-order chi connectivity index (χ1) is 18.0. The Morgan fingerprint density at radius 3 is 2.55 bits per heavy atom. The highest BCUT2D eigenvalue weighted by Crippen LogP contribution is 2.16. The summed E-state index contributed by atoms with van der Waals surface area (Å²) < 4.78 is 51.9. The van der Waals surface area contributed by atoms with Gasteiger partial charge in [-0.25, -0.2) is 4.39 Å². The van der Waals surface area contributed by atoms with E-state index in [4.69, 9.17) is 0 Å². The summed E-state index contributed by atoms with van der Waals surface area (Å²) in [6.07, 6.45) is -3.32. The maximum atomic E-state index is 13.3. The molecule has 2 amide bonds. The lowest BCUT2D eigenvalue weighted by Gasteiger charge is -2.27. The smallest absolute Gasteiger partial charge is 0.360 e. The highest BCUT2D eigenvalue weighted by molar-refractivity contribution is 7.07. The lowest BCUT2D eigenvalue weighted by atomic mass is 10.1. The van der Waals surface area contributed by atoms with Crippen molar-refractivity contribution in [3.63, 3.8) is 0 Å². The molecule has 1 aliphatic rings. The van der Waals surface area contributed by atoms with Gasteiger partial charge in [0.15, 0.2) is 5.57 Å². The van der Waals surface area contributed by atoms with Crippen LogP contribution in [0.25, 0.3) is 11.8 Å². The highest BCUT2D eigenvalue weighted by Gasteiger charge is 2.29. The lowest BCUT2D eigenvalue weighted by Crippen LogP contribution is -2.39. The second kappa shape index (κ2) is 12.7. The molecular weight excluding hydrogens is 528 g/mol. The predicted octanol–water partition coefficient (Wildman–Crippen LogP) is 1.50. The number of nitrogens with one attached hydrogen (secondary N) is 3. The molecule has 1 saturated heterocycles. The first kappa shape index (κ1) is 28.9. The quantitative estimate of drug-likeness (QED) is 0.426. The fourth-order valence-corrected chi connectivity index (χ4v) is 4.84. The zero-order chi connectivity index (χ0) is 27.9. The van der Waals surface area contributed by atoms with E-state index in [9.17, 15) is 37.2 Å². The molecule has 2 aromatic rings. The van der Waals surface area contributed by atoms with Crippen LogP contribution in [0.1, 0.15) is 19.8 Å². The van der Waals surface area contributed by atoms with Crippen molar-refractivity contribution < 1.29 is 27.2 Å². The third-order valence-electron chi connectivity index (χ3n) is 5.63. The molecule has 9 nitrogen and oxygen atoms in total. The standard InChI is InChI=1S/C24H26F4N6O3S/c1-2-34-22(37)19(38-23(34)18(11-29)21(36)31-14-24(26,27)28)12-30-16-4-3-5-17(10-16)32-20(35)13-33-8-6-15(25)7-9-33/h3-5,10,12,15,30H,2,6-9,13-14H2,1H3,(H,31,36)(H,32,35). The van der Waals surface area contributed by atoms with Gasteiger partial charge in [-0.2, -0.15) is 18.4 Å². The van der Waals surface area contributed by atoms with Crippen molar-refractivity contribution in [1.82, 2.24) is 14.8 Å². The number of carbonyl (C=O) groups is 2. The van der Waals surface area contributed by atoms with E-state index in [0.29, 0.717) is 37.3 Å². The predicted molar refractivity (Wildman–Crippen MR) is 135 cm³/mol. The molecule has 1 aliphatic heterocycles. The summed E-state index contributed by atoms with van der Waals surface area (Å²) in [5.41, 5.74) is -0.116. The SMILES string of the molecule is CCn1c(=C(C#N)C(=O)NCC(F)(F)F)sc(=CNc2cccc(NC(=O)CN3CCC(F)CC3)c2)c1=O. The van der Waals surface area contributed by atoms with Gasteiger partial charge in [0.1, 0.15) is 28.0 Å². The van der Waals surface area contributed by atoms with Crippen molar-refractivity contribution in [2.24, 2.45) is 0 Å². The van der Waals surface area contributed by atoms with Crippen LogP contribution in [-0.2, 0) is 16.1 Å². The minimum absolute atomic E-state index is 0.0643. The summed E-state index contributed by atoms with van der Waals surface area (Å²) in [4.78, 5) is 39.3. The molecule has 3 N–H and O–H groups in total. The molecule has 1 fully saturated rings. The summed E-state index contributed by atoms with van der Waals surface area (Å²) >= 11 is 0.788. The number of anilines is 2. The van der Waals surface area contributed by atoms with Gasteiger partial charge in [0.2, 0.25) is 5.91 Å². The van der Waals surface area contributed by atoms with Crippen LogP contribution in [0.2, 0.25) is 0 Å². The number of amides is 2. The van der Waals surface area contributed by atoms with E-state index in [0.717, 1.165) is 15.9 Å². The van der Waals surface area contributed by atoms with Gasteiger partial charge in [0, 0.05) is 37.2 Å². The number of piperidine rings is 1. The normalized spacial score (nSPS) is 16.1. The van der Waals surface area contributed by atoms with Crippen LogP contribution in [-0.4, -0.2) is 59.8 Å². The number of nitriles is 1. The van der Waals surface area contributed by atoms with Crippen LogP contribution >= 0.6 is 11.3 Å². The van der Waals surface area contributed by atoms with E-state index in [1.807, 2.05) is 4.90 Å². The van der Waals surface area contributed by atoms with Crippen LogP contribution in [0, 0.1) is 11.3 Å². The largest absolute Gasteiger partial charge is 0.405 e. The third kappa shape index (κ3) is 7.90. The fraction of sp³-hybridized carbons (Fsp3) is 0.417. The van der Waals surface area contributed by atoms with Crippen molar-refractivity contribution in [3.8, 4) is 6.07 Å². The van der Waals surface area contributed by atoms with Crippen LogP contribution in [0.5, 0.6) is 0 Å². The van der Waals surface area contributed by atoms with Gasteiger partial charge in [-0.3, -0.25) is 23.9 Å². The van der Waals surface area contributed by atoms with Crippen LogP contribution in [0.15, 0.2) is 29.1 Å². The van der Waals surface area contributed by atoms with E-state index < -0.39 is 35.9 Å². The number of halogens is 4. The number of rotatable bonds is 8. The first-order valence-corrected chi connectivity index (χ1v) is 12.5. The minimum Gasteiger partial charge on any atom is -0.360 e. The molecule has 0 atom stereocenters. The number of hydrogen-bond acceptors (Lipinski definition) is 7. The molecule has 38 heavy (non-hydrogen) atoms. The van der Waals surface area contributed by atoms with Gasteiger partial charge in [0.05, 0.1) is 6.54 Å². The molecule has 0 unspecified atom stereocenters. The Hall–Kier alpha value is -3.70. The molecule has 0 radical (unpaired) electrons. The van der Waals surface area contributed by atoms with Gasteiger partial charge in [-0.1, -0.05) is 6.07 Å². The number of nitrogens with zero attached hydrogens (tertiary/aromatic N) is 3. The Morgan fingerprint density at radius 2 is 1.92 bits per heavy atom. The van der Waals surface area contributed by atoms with Crippen LogP contribution in [0.3, 0.4) is 0 Å². The summed E-state index contributed by atoms with van der Waals surface area (Å²) in [6.45, 7) is 1.24. The summed E-state index contributed by atoms with van der Waals surface area (Å²) in [7, 11) is 0. The van der Waals surface area contributed by atoms with Crippen molar-refractivity contribution in [2.45, 2.75) is 38.7 Å². The Balaban J connectivity index is 1.77. The van der Waals surface area contributed by atoms with E-state index in [-0.39, 0.29) is 28.2 Å². The van der Waals surface area contributed by atoms with Gasteiger partial charge in [-0.15, -0.1) is 11.3 Å².